The summed E-state index contributed by atoms with van der Waals surface area (Å²) >= 11 is 0. The summed E-state index contributed by atoms with van der Waals surface area (Å²) in [5, 5.41) is 2.83. The lowest BCUT2D eigenvalue weighted by Crippen LogP contribution is -2.48. The number of rotatable bonds is 13. The molecule has 36 heavy (non-hydrogen) atoms. The van der Waals surface area contributed by atoms with E-state index in [0.29, 0.717) is 17.8 Å². The molecule has 2 amide bonds. The third-order valence-corrected chi connectivity index (χ3v) is 7.26. The number of nitrogens with one attached hydrogen (secondary N) is 1. The number of carbonyl (C=O) groups excluding carboxylic acids is 2. The zero-order valence-corrected chi connectivity index (χ0v) is 22.7. The highest BCUT2D eigenvalue weighted by atomic mass is 32.2. The molecule has 0 aliphatic heterocycles. The number of anilines is 1. The molecule has 0 aliphatic rings. The first kappa shape index (κ1) is 29.3. The molecule has 9 heteroatoms. The number of nitrogens with zero attached hydrogens (tertiary/aromatic N) is 2. The Morgan fingerprint density at radius 3 is 2.42 bits per heavy atom. The van der Waals surface area contributed by atoms with Crippen molar-refractivity contribution in [2.75, 3.05) is 23.7 Å². The van der Waals surface area contributed by atoms with Crippen LogP contribution in [0.25, 0.3) is 0 Å². The van der Waals surface area contributed by atoms with E-state index in [1.165, 1.54) is 15.3 Å². The van der Waals surface area contributed by atoms with Crippen molar-refractivity contribution in [3.05, 3.63) is 65.0 Å². The average Bonchev–Trinajstić information content (AvgIpc) is 2.81. The normalized spacial score (nSPS) is 12.2. The van der Waals surface area contributed by atoms with E-state index in [4.69, 9.17) is 0 Å². The van der Waals surface area contributed by atoms with Crippen molar-refractivity contribution in [3.63, 3.8) is 0 Å². The van der Waals surface area contributed by atoms with Gasteiger partial charge in [0.15, 0.2) is 0 Å². The Morgan fingerprint density at radius 2 is 1.78 bits per heavy atom. The Kier molecular flexibility index (Phi) is 10.9. The Hall–Kier alpha value is -2.94. The third-order valence-electron chi connectivity index (χ3n) is 6.08. The molecular weight excluding hydrogens is 481 g/mol. The van der Waals surface area contributed by atoms with E-state index in [2.05, 4.69) is 5.32 Å². The van der Waals surface area contributed by atoms with Gasteiger partial charge in [0.1, 0.15) is 11.9 Å². The lowest BCUT2D eigenvalue weighted by atomic mass is 10.1. The molecule has 2 aromatic carbocycles. The molecule has 0 spiro atoms. The maximum Gasteiger partial charge on any atom is 0.242 e. The summed E-state index contributed by atoms with van der Waals surface area (Å²) in [7, 11) is -3.58. The minimum atomic E-state index is -3.58. The highest BCUT2D eigenvalue weighted by Gasteiger charge is 2.27. The summed E-state index contributed by atoms with van der Waals surface area (Å²) in [6, 6.07) is 10.9. The first-order valence-electron chi connectivity index (χ1n) is 12.3. The van der Waals surface area contributed by atoms with E-state index in [-0.39, 0.29) is 37.7 Å². The number of sulfonamides is 1. The predicted octanol–water partition coefficient (Wildman–Crippen LogP) is 4.32. The fourth-order valence-electron chi connectivity index (χ4n) is 3.90. The number of unbranched alkanes of at least 4 members (excludes halogenated alkanes) is 1. The van der Waals surface area contributed by atoms with Crippen LogP contribution in [0.4, 0.5) is 10.1 Å². The van der Waals surface area contributed by atoms with Crippen LogP contribution in [-0.2, 0) is 26.2 Å². The number of amides is 2. The molecule has 0 saturated carbocycles. The Bertz CT molecular complexity index is 1150. The molecule has 0 unspecified atom stereocenters. The van der Waals surface area contributed by atoms with Gasteiger partial charge in [-0.15, -0.1) is 0 Å². The van der Waals surface area contributed by atoms with Gasteiger partial charge < -0.3 is 10.2 Å². The molecule has 7 nitrogen and oxygen atoms in total. The van der Waals surface area contributed by atoms with Gasteiger partial charge in [0.2, 0.25) is 21.8 Å². The van der Waals surface area contributed by atoms with Crippen LogP contribution < -0.4 is 9.62 Å². The molecule has 0 saturated heterocycles. The SMILES string of the molecule is CCCCNC(=O)[C@H](C)N(Cc1ccccc1F)C(=O)CCCN(c1cc(C)ccc1C)S(C)(=O)=O. The minimum Gasteiger partial charge on any atom is -0.354 e. The van der Waals surface area contributed by atoms with Crippen molar-refractivity contribution < 1.29 is 22.4 Å². The highest BCUT2D eigenvalue weighted by molar-refractivity contribution is 7.92. The second-order valence-electron chi connectivity index (χ2n) is 9.16. The van der Waals surface area contributed by atoms with Crippen LogP contribution in [0.2, 0.25) is 0 Å². The summed E-state index contributed by atoms with van der Waals surface area (Å²) in [4.78, 5) is 27.4. The number of benzene rings is 2. The van der Waals surface area contributed by atoms with E-state index < -0.39 is 21.9 Å². The van der Waals surface area contributed by atoms with E-state index in [9.17, 15) is 22.4 Å². The van der Waals surface area contributed by atoms with Crippen LogP contribution in [0, 0.1) is 19.7 Å². The van der Waals surface area contributed by atoms with Crippen LogP contribution in [0.5, 0.6) is 0 Å². The van der Waals surface area contributed by atoms with Gasteiger partial charge in [-0.2, -0.15) is 0 Å². The van der Waals surface area contributed by atoms with Crippen molar-refractivity contribution in [1.29, 1.82) is 0 Å². The molecule has 198 valence electrons. The average molecular weight is 520 g/mol. The fraction of sp³-hybridized carbons (Fsp3) is 0.481. The lowest BCUT2D eigenvalue weighted by Gasteiger charge is -2.30. The monoisotopic (exact) mass is 519 g/mol. The van der Waals surface area contributed by atoms with Crippen LogP contribution in [0.15, 0.2) is 42.5 Å². The second-order valence-corrected chi connectivity index (χ2v) is 11.1. The van der Waals surface area contributed by atoms with Crippen molar-refractivity contribution >= 4 is 27.5 Å². The van der Waals surface area contributed by atoms with Gasteiger partial charge >= 0.3 is 0 Å². The second kappa shape index (κ2) is 13.4. The fourth-order valence-corrected chi connectivity index (χ4v) is 4.91. The zero-order chi connectivity index (χ0) is 26.9. The van der Waals surface area contributed by atoms with Crippen molar-refractivity contribution in [1.82, 2.24) is 10.2 Å². The van der Waals surface area contributed by atoms with E-state index >= 15 is 0 Å². The maximum atomic E-state index is 14.4. The summed E-state index contributed by atoms with van der Waals surface area (Å²) in [6.45, 7) is 7.93. The van der Waals surface area contributed by atoms with Crippen LogP contribution >= 0.6 is 0 Å². The molecule has 1 atom stereocenters. The molecule has 0 aromatic heterocycles. The van der Waals surface area contributed by atoms with Crippen LogP contribution in [0.3, 0.4) is 0 Å². The largest absolute Gasteiger partial charge is 0.354 e. The minimum absolute atomic E-state index is 0.0118. The molecule has 0 radical (unpaired) electrons. The van der Waals surface area contributed by atoms with Gasteiger partial charge in [-0.25, -0.2) is 12.8 Å². The molecule has 0 fully saturated rings. The molecule has 0 heterocycles. The topological polar surface area (TPSA) is 86.8 Å². The molecule has 0 aliphatic carbocycles. The van der Waals surface area contributed by atoms with Gasteiger partial charge in [0, 0.05) is 31.6 Å². The Labute approximate surface area is 214 Å². The van der Waals surface area contributed by atoms with E-state index in [0.717, 1.165) is 30.2 Å². The predicted molar refractivity (Wildman–Crippen MR) is 142 cm³/mol. The smallest absolute Gasteiger partial charge is 0.242 e. The van der Waals surface area contributed by atoms with Gasteiger partial charge in [-0.3, -0.25) is 13.9 Å². The summed E-state index contributed by atoms with van der Waals surface area (Å²) in [5.41, 5.74) is 2.64. The summed E-state index contributed by atoms with van der Waals surface area (Å²) < 4.78 is 40.8. The van der Waals surface area contributed by atoms with E-state index in [1.54, 1.807) is 25.1 Å². The van der Waals surface area contributed by atoms with E-state index in [1.807, 2.05) is 39.0 Å². The number of carbonyl (C=O) groups is 2. The van der Waals surface area contributed by atoms with Gasteiger partial charge in [-0.1, -0.05) is 43.7 Å². The third kappa shape index (κ3) is 8.33. The number of hydrogen-bond donors (Lipinski definition) is 1. The first-order chi connectivity index (χ1) is 17.0. The van der Waals surface area contributed by atoms with Gasteiger partial charge in [0.25, 0.3) is 0 Å². The highest BCUT2D eigenvalue weighted by Crippen LogP contribution is 2.25. The Balaban J connectivity index is 2.19. The lowest BCUT2D eigenvalue weighted by molar-refractivity contribution is -0.140. The Morgan fingerprint density at radius 1 is 1.08 bits per heavy atom. The first-order valence-corrected chi connectivity index (χ1v) is 14.2. The van der Waals surface area contributed by atoms with Gasteiger partial charge in [0.05, 0.1) is 11.9 Å². The van der Waals surface area contributed by atoms with Crippen molar-refractivity contribution in [2.45, 2.75) is 66.0 Å². The van der Waals surface area contributed by atoms with Crippen molar-refractivity contribution in [2.24, 2.45) is 0 Å². The van der Waals surface area contributed by atoms with Crippen LogP contribution in [0.1, 0.15) is 56.2 Å². The summed E-state index contributed by atoms with van der Waals surface area (Å²) in [5.74, 6) is -1.10. The molecule has 1 N–H and O–H groups in total. The molecule has 0 bridgehead atoms. The van der Waals surface area contributed by atoms with Crippen molar-refractivity contribution in [3.8, 4) is 0 Å². The molecular formula is C27H38FN3O4S. The molecule has 2 rings (SSSR count). The standard InChI is InChI=1S/C27H38FN3O4S/c1-6-7-16-29-27(33)22(4)30(19-23-11-8-9-12-24(23)28)26(32)13-10-17-31(36(5,34)35)25-18-20(2)14-15-21(25)3/h8-9,11-12,14-15,18,22H,6-7,10,13,16-17,19H2,1-5H3,(H,29,33)/t22-/m0/s1. The number of hydrogen-bond acceptors (Lipinski definition) is 4. The quantitative estimate of drug-likeness (QED) is 0.399. The maximum absolute atomic E-state index is 14.4. The molecule has 2 aromatic rings. The van der Waals surface area contributed by atoms with Crippen LogP contribution in [-0.4, -0.2) is 50.5 Å². The number of halogens is 1. The number of aryl methyl sites for hydroxylation is 2. The zero-order valence-electron chi connectivity index (χ0n) is 21.9. The summed E-state index contributed by atoms with van der Waals surface area (Å²) in [6.07, 6.45) is 3.14. The van der Waals surface area contributed by atoms with Gasteiger partial charge in [-0.05, 0) is 56.9 Å².